The van der Waals surface area contributed by atoms with Gasteiger partial charge in [-0.15, -0.1) is 0 Å². The first-order valence-corrected chi connectivity index (χ1v) is 7.52. The van der Waals surface area contributed by atoms with Gasteiger partial charge in [0.15, 0.2) is 0 Å². The van der Waals surface area contributed by atoms with E-state index in [-0.39, 0.29) is 0 Å². The molecule has 2 rings (SSSR count). The largest absolute Gasteiger partial charge is 0.491 e. The van der Waals surface area contributed by atoms with Gasteiger partial charge in [0, 0.05) is 13.1 Å². The van der Waals surface area contributed by atoms with Gasteiger partial charge >= 0.3 is 0 Å². The lowest BCUT2D eigenvalue weighted by Gasteiger charge is -2.26. The highest BCUT2D eigenvalue weighted by Crippen LogP contribution is 2.36. The van der Waals surface area contributed by atoms with E-state index >= 15 is 0 Å². The summed E-state index contributed by atoms with van der Waals surface area (Å²) in [4.78, 5) is 2.42. The Bertz CT molecular complexity index is 402. The van der Waals surface area contributed by atoms with Crippen molar-refractivity contribution in [3.05, 3.63) is 18.2 Å². The minimum absolute atomic E-state index is 0.726. The molecule has 0 bridgehead atoms. The highest BCUT2D eigenvalue weighted by molar-refractivity contribution is 5.74. The first-order chi connectivity index (χ1) is 9.26. The van der Waals surface area contributed by atoms with Crippen LogP contribution in [-0.2, 0) is 0 Å². The van der Waals surface area contributed by atoms with Gasteiger partial charge in [-0.25, -0.2) is 0 Å². The number of hydrogen-bond acceptors (Lipinski definition) is 3. The van der Waals surface area contributed by atoms with Crippen molar-refractivity contribution in [2.24, 2.45) is 5.92 Å². The van der Waals surface area contributed by atoms with Gasteiger partial charge in [-0.2, -0.15) is 0 Å². The number of ether oxygens (including phenoxy) is 1. The lowest BCUT2D eigenvalue weighted by atomic mass is 10.2. The molecule has 0 saturated heterocycles. The Morgan fingerprint density at radius 1 is 1.26 bits per heavy atom. The monoisotopic (exact) mass is 262 g/mol. The molecule has 0 amide bonds. The number of nitrogens with zero attached hydrogens (tertiary/aromatic N) is 1. The van der Waals surface area contributed by atoms with E-state index in [1.54, 1.807) is 0 Å². The fourth-order valence-corrected chi connectivity index (χ4v) is 2.34. The number of nitrogens with two attached hydrogens (primary N) is 1. The van der Waals surface area contributed by atoms with Crippen molar-refractivity contribution in [3.63, 3.8) is 0 Å². The molecule has 0 heterocycles. The zero-order chi connectivity index (χ0) is 13.7. The van der Waals surface area contributed by atoms with E-state index in [1.807, 2.05) is 12.1 Å². The number of anilines is 2. The minimum Gasteiger partial charge on any atom is -0.491 e. The van der Waals surface area contributed by atoms with Crippen LogP contribution in [0, 0.1) is 5.92 Å². The Morgan fingerprint density at radius 2 is 2.05 bits per heavy atom. The number of benzene rings is 1. The third-order valence-corrected chi connectivity index (χ3v) is 3.51. The third kappa shape index (κ3) is 3.79. The van der Waals surface area contributed by atoms with Crippen LogP contribution in [0.3, 0.4) is 0 Å². The van der Waals surface area contributed by atoms with Gasteiger partial charge in [0.2, 0.25) is 0 Å². The summed E-state index contributed by atoms with van der Waals surface area (Å²) in [6.07, 6.45) is 4.88. The highest BCUT2D eigenvalue weighted by Gasteiger charge is 2.25. The Morgan fingerprint density at radius 3 is 2.68 bits per heavy atom. The van der Waals surface area contributed by atoms with Gasteiger partial charge in [0.1, 0.15) is 5.75 Å². The normalized spacial score (nSPS) is 14.4. The van der Waals surface area contributed by atoms with Crippen molar-refractivity contribution in [1.82, 2.24) is 0 Å². The summed E-state index contributed by atoms with van der Waals surface area (Å²) in [6.45, 7) is 7.25. The van der Waals surface area contributed by atoms with Gasteiger partial charge in [0.25, 0.3) is 0 Å². The molecule has 1 aromatic carbocycles. The summed E-state index contributed by atoms with van der Waals surface area (Å²) in [6, 6.07) is 6.13. The van der Waals surface area contributed by atoms with Crippen molar-refractivity contribution in [3.8, 4) is 5.75 Å². The first kappa shape index (κ1) is 14.0. The maximum absolute atomic E-state index is 6.28. The molecular formula is C16H26N2O. The summed E-state index contributed by atoms with van der Waals surface area (Å²) in [5.41, 5.74) is 8.22. The fourth-order valence-electron chi connectivity index (χ4n) is 2.34. The van der Waals surface area contributed by atoms with E-state index in [2.05, 4.69) is 24.8 Å². The quantitative estimate of drug-likeness (QED) is 0.726. The Labute approximate surface area is 116 Å². The topological polar surface area (TPSA) is 38.5 Å². The van der Waals surface area contributed by atoms with Crippen molar-refractivity contribution >= 4 is 11.4 Å². The van der Waals surface area contributed by atoms with E-state index in [9.17, 15) is 0 Å². The molecule has 0 aromatic heterocycles. The number of hydrogen-bond donors (Lipinski definition) is 1. The van der Waals surface area contributed by atoms with Crippen LogP contribution in [0.4, 0.5) is 11.4 Å². The molecule has 106 valence electrons. The molecule has 1 aliphatic rings. The van der Waals surface area contributed by atoms with Crippen LogP contribution >= 0.6 is 0 Å². The van der Waals surface area contributed by atoms with Crippen LogP contribution in [0.1, 0.15) is 39.5 Å². The van der Waals surface area contributed by atoms with Gasteiger partial charge < -0.3 is 15.4 Å². The summed E-state index contributed by atoms with van der Waals surface area (Å²) in [5.74, 6) is 1.70. The molecule has 1 aliphatic carbocycles. The molecule has 0 unspecified atom stereocenters. The van der Waals surface area contributed by atoms with Gasteiger partial charge in [-0.1, -0.05) is 19.9 Å². The number of rotatable bonds is 8. The standard InChI is InChI=1S/C16H26N2O/c1-3-10-18(12-13-8-9-13)14-6-5-7-15(16(14)17)19-11-4-2/h5-7,13H,3-4,8-12,17H2,1-2H3. The molecule has 3 nitrogen and oxygen atoms in total. The Balaban J connectivity index is 2.14. The van der Waals surface area contributed by atoms with Crippen molar-refractivity contribution in [2.45, 2.75) is 39.5 Å². The predicted molar refractivity (Wildman–Crippen MR) is 81.9 cm³/mol. The zero-order valence-electron chi connectivity index (χ0n) is 12.2. The second kappa shape index (κ2) is 6.69. The SMILES string of the molecule is CCCOc1cccc(N(CCC)CC2CC2)c1N. The van der Waals surface area contributed by atoms with Crippen LogP contribution in [0.5, 0.6) is 5.75 Å². The first-order valence-electron chi connectivity index (χ1n) is 7.52. The van der Waals surface area contributed by atoms with E-state index in [0.29, 0.717) is 0 Å². The molecule has 1 saturated carbocycles. The molecule has 0 atom stereocenters. The number of nitrogen functional groups attached to an aromatic ring is 1. The molecule has 19 heavy (non-hydrogen) atoms. The molecule has 2 N–H and O–H groups in total. The second-order valence-corrected chi connectivity index (χ2v) is 5.43. The third-order valence-electron chi connectivity index (χ3n) is 3.51. The molecule has 0 aliphatic heterocycles. The number of para-hydroxylation sites is 1. The predicted octanol–water partition coefficient (Wildman–Crippen LogP) is 3.68. The van der Waals surface area contributed by atoms with Crippen molar-refractivity contribution in [2.75, 3.05) is 30.3 Å². The molecular weight excluding hydrogens is 236 g/mol. The molecule has 0 radical (unpaired) electrons. The highest BCUT2D eigenvalue weighted by atomic mass is 16.5. The van der Waals surface area contributed by atoms with Crippen molar-refractivity contribution < 1.29 is 4.74 Å². The molecule has 1 aromatic rings. The fraction of sp³-hybridized carbons (Fsp3) is 0.625. The van der Waals surface area contributed by atoms with E-state index in [1.165, 1.54) is 12.8 Å². The smallest absolute Gasteiger partial charge is 0.144 e. The summed E-state index contributed by atoms with van der Waals surface area (Å²) < 4.78 is 5.72. The van der Waals surface area contributed by atoms with E-state index in [4.69, 9.17) is 10.5 Å². The van der Waals surface area contributed by atoms with Crippen LogP contribution in [-0.4, -0.2) is 19.7 Å². The van der Waals surface area contributed by atoms with E-state index in [0.717, 1.165) is 55.6 Å². The van der Waals surface area contributed by atoms with Gasteiger partial charge in [-0.05, 0) is 43.7 Å². The van der Waals surface area contributed by atoms with Crippen LogP contribution in [0.15, 0.2) is 18.2 Å². The van der Waals surface area contributed by atoms with Gasteiger partial charge in [0.05, 0.1) is 18.0 Å². The van der Waals surface area contributed by atoms with Gasteiger partial charge in [-0.3, -0.25) is 0 Å². The lowest BCUT2D eigenvalue weighted by molar-refractivity contribution is 0.319. The van der Waals surface area contributed by atoms with Crippen LogP contribution in [0.2, 0.25) is 0 Å². The lowest BCUT2D eigenvalue weighted by Crippen LogP contribution is -2.27. The average molecular weight is 262 g/mol. The summed E-state index contributed by atoms with van der Waals surface area (Å²) in [7, 11) is 0. The summed E-state index contributed by atoms with van der Waals surface area (Å²) in [5, 5.41) is 0. The van der Waals surface area contributed by atoms with Crippen molar-refractivity contribution in [1.29, 1.82) is 0 Å². The van der Waals surface area contributed by atoms with Crippen LogP contribution < -0.4 is 15.4 Å². The Kier molecular flexibility index (Phi) is 4.94. The van der Waals surface area contributed by atoms with Crippen LogP contribution in [0.25, 0.3) is 0 Å². The molecule has 0 spiro atoms. The average Bonchev–Trinajstić information content (AvgIpc) is 3.21. The Hall–Kier alpha value is -1.38. The summed E-state index contributed by atoms with van der Waals surface area (Å²) >= 11 is 0. The molecule has 1 fully saturated rings. The molecule has 3 heteroatoms. The maximum Gasteiger partial charge on any atom is 0.144 e. The second-order valence-electron chi connectivity index (χ2n) is 5.43. The maximum atomic E-state index is 6.28. The minimum atomic E-state index is 0.726. The zero-order valence-corrected chi connectivity index (χ0v) is 12.2. The van der Waals surface area contributed by atoms with E-state index < -0.39 is 0 Å².